The van der Waals surface area contributed by atoms with Crippen LogP contribution in [0.1, 0.15) is 33.1 Å². The number of carbonyl (C=O) groups is 1. The molecule has 6 heteroatoms. The molecule has 122 valence electrons. The number of halogens is 1. The van der Waals surface area contributed by atoms with Crippen LogP contribution >= 0.6 is 11.3 Å². The Morgan fingerprint density at radius 2 is 2.22 bits per heavy atom. The Morgan fingerprint density at radius 3 is 2.96 bits per heavy atom. The van der Waals surface area contributed by atoms with Gasteiger partial charge < -0.3 is 10.2 Å². The number of thiazole rings is 1. The highest BCUT2D eigenvalue weighted by molar-refractivity contribution is 7.13. The molecular formula is C17H20FN3OS. The third-order valence-electron chi connectivity index (χ3n) is 4.15. The van der Waals surface area contributed by atoms with Gasteiger partial charge in [0.25, 0.3) is 5.91 Å². The number of nitrogens with zero attached hydrogens (tertiary/aromatic N) is 2. The third-order valence-corrected chi connectivity index (χ3v) is 5.14. The number of rotatable bonds is 4. The van der Waals surface area contributed by atoms with Gasteiger partial charge in [0.1, 0.15) is 10.7 Å². The fourth-order valence-electron chi connectivity index (χ4n) is 2.82. The summed E-state index contributed by atoms with van der Waals surface area (Å²) in [6, 6.07) is 6.77. The smallest absolute Gasteiger partial charge is 0.265 e. The van der Waals surface area contributed by atoms with E-state index >= 15 is 0 Å². The monoisotopic (exact) mass is 333 g/mol. The number of likely N-dealkylation sites (tertiary alicyclic amines) is 1. The standard InChI is InChI=1S/C17H20FN3OS/c1-19-14-3-2-8-21(11-14)17(22)15-10-20-16(23-15)9-12-4-6-13(18)7-5-12/h4-7,10,14,19H,2-3,8-9,11H2,1H3/t14-/m1/s1. The molecular weight excluding hydrogens is 313 g/mol. The van der Waals surface area contributed by atoms with Gasteiger partial charge in [-0.05, 0) is 37.6 Å². The maximum Gasteiger partial charge on any atom is 0.265 e. The highest BCUT2D eigenvalue weighted by atomic mass is 32.1. The molecule has 0 aliphatic carbocycles. The molecule has 0 spiro atoms. The Labute approximate surface area is 139 Å². The van der Waals surface area contributed by atoms with Gasteiger partial charge in [0, 0.05) is 25.6 Å². The van der Waals surface area contributed by atoms with Gasteiger partial charge in [-0.1, -0.05) is 12.1 Å². The molecule has 1 aliphatic heterocycles. The SMILES string of the molecule is CN[C@@H]1CCCN(C(=O)c2cnc(Cc3ccc(F)cc3)s2)C1. The van der Waals surface area contributed by atoms with Crippen molar-refractivity contribution < 1.29 is 9.18 Å². The van der Waals surface area contributed by atoms with Crippen LogP contribution in [-0.4, -0.2) is 42.0 Å². The van der Waals surface area contributed by atoms with Crippen molar-refractivity contribution >= 4 is 17.2 Å². The van der Waals surface area contributed by atoms with Crippen LogP contribution in [0.2, 0.25) is 0 Å². The van der Waals surface area contributed by atoms with Crippen molar-refractivity contribution in [2.45, 2.75) is 25.3 Å². The van der Waals surface area contributed by atoms with Crippen LogP contribution in [0.15, 0.2) is 30.5 Å². The van der Waals surface area contributed by atoms with Crippen molar-refractivity contribution in [2.75, 3.05) is 20.1 Å². The zero-order valence-corrected chi connectivity index (χ0v) is 13.9. The minimum absolute atomic E-state index is 0.0628. The maximum absolute atomic E-state index is 12.9. The fraction of sp³-hybridized carbons (Fsp3) is 0.412. The summed E-state index contributed by atoms with van der Waals surface area (Å²) in [6.45, 7) is 1.56. The van der Waals surface area contributed by atoms with E-state index in [0.29, 0.717) is 17.3 Å². The number of amides is 1. The second kappa shape index (κ2) is 7.19. The number of carbonyl (C=O) groups excluding carboxylic acids is 1. The number of hydrogen-bond acceptors (Lipinski definition) is 4. The zero-order valence-electron chi connectivity index (χ0n) is 13.1. The lowest BCUT2D eigenvalue weighted by molar-refractivity contribution is 0.0703. The molecule has 1 aromatic heterocycles. The number of piperidine rings is 1. The first-order valence-electron chi connectivity index (χ1n) is 7.81. The molecule has 0 radical (unpaired) electrons. The molecule has 1 atom stereocenters. The van der Waals surface area contributed by atoms with Crippen molar-refractivity contribution in [1.82, 2.24) is 15.2 Å². The lowest BCUT2D eigenvalue weighted by atomic mass is 10.1. The van der Waals surface area contributed by atoms with Crippen molar-refractivity contribution in [1.29, 1.82) is 0 Å². The second-order valence-electron chi connectivity index (χ2n) is 5.80. The van der Waals surface area contributed by atoms with Gasteiger partial charge in [-0.2, -0.15) is 0 Å². The molecule has 4 nitrogen and oxygen atoms in total. The van der Waals surface area contributed by atoms with E-state index in [4.69, 9.17) is 0 Å². The molecule has 1 fully saturated rings. The number of aromatic nitrogens is 1. The largest absolute Gasteiger partial charge is 0.336 e. The first kappa shape index (κ1) is 16.1. The van der Waals surface area contributed by atoms with Crippen LogP contribution in [-0.2, 0) is 6.42 Å². The highest BCUT2D eigenvalue weighted by Gasteiger charge is 2.24. The summed E-state index contributed by atoms with van der Waals surface area (Å²) in [7, 11) is 1.94. The van der Waals surface area contributed by atoms with Crippen molar-refractivity contribution in [2.24, 2.45) is 0 Å². The van der Waals surface area contributed by atoms with Gasteiger partial charge in [-0.3, -0.25) is 4.79 Å². The molecule has 1 aromatic carbocycles. The van der Waals surface area contributed by atoms with E-state index in [0.717, 1.165) is 36.5 Å². The Balaban J connectivity index is 1.66. The molecule has 2 aromatic rings. The average molecular weight is 333 g/mol. The lowest BCUT2D eigenvalue weighted by Crippen LogP contribution is -2.46. The lowest BCUT2D eigenvalue weighted by Gasteiger charge is -2.32. The van der Waals surface area contributed by atoms with E-state index < -0.39 is 0 Å². The van der Waals surface area contributed by atoms with Crippen LogP contribution in [0.25, 0.3) is 0 Å². The number of benzene rings is 1. The molecule has 1 aliphatic rings. The molecule has 0 bridgehead atoms. The molecule has 1 saturated heterocycles. The van der Waals surface area contributed by atoms with Gasteiger partial charge in [-0.25, -0.2) is 9.37 Å². The minimum Gasteiger partial charge on any atom is -0.336 e. The first-order valence-corrected chi connectivity index (χ1v) is 8.63. The van der Waals surface area contributed by atoms with Crippen molar-refractivity contribution in [3.8, 4) is 0 Å². The first-order chi connectivity index (χ1) is 11.2. The Morgan fingerprint density at radius 1 is 1.43 bits per heavy atom. The topological polar surface area (TPSA) is 45.2 Å². The molecule has 1 amide bonds. The zero-order chi connectivity index (χ0) is 16.2. The van der Waals surface area contributed by atoms with Crippen LogP contribution in [0.5, 0.6) is 0 Å². The molecule has 1 N–H and O–H groups in total. The Hall–Kier alpha value is -1.79. The molecule has 0 unspecified atom stereocenters. The van der Waals surface area contributed by atoms with Gasteiger partial charge in [0.2, 0.25) is 0 Å². The number of likely N-dealkylation sites (N-methyl/N-ethyl adjacent to an activating group) is 1. The molecule has 0 saturated carbocycles. The average Bonchev–Trinajstić information content (AvgIpc) is 3.05. The highest BCUT2D eigenvalue weighted by Crippen LogP contribution is 2.21. The van der Waals surface area contributed by atoms with Crippen LogP contribution in [0.4, 0.5) is 4.39 Å². The fourth-order valence-corrected chi connectivity index (χ4v) is 3.74. The van der Waals surface area contributed by atoms with Crippen molar-refractivity contribution in [3.05, 3.63) is 51.7 Å². The van der Waals surface area contributed by atoms with Gasteiger partial charge in [0.15, 0.2) is 0 Å². The summed E-state index contributed by atoms with van der Waals surface area (Å²) in [5, 5.41) is 4.12. The number of nitrogens with one attached hydrogen (secondary N) is 1. The summed E-state index contributed by atoms with van der Waals surface area (Å²) >= 11 is 1.43. The third kappa shape index (κ3) is 3.95. The van der Waals surface area contributed by atoms with E-state index in [1.54, 1.807) is 18.3 Å². The second-order valence-corrected chi connectivity index (χ2v) is 6.92. The predicted molar refractivity (Wildman–Crippen MR) is 89.3 cm³/mol. The van der Waals surface area contributed by atoms with Gasteiger partial charge >= 0.3 is 0 Å². The Bertz CT molecular complexity index is 671. The Kier molecular flexibility index (Phi) is 5.03. The van der Waals surface area contributed by atoms with Crippen LogP contribution in [0, 0.1) is 5.82 Å². The van der Waals surface area contributed by atoms with Gasteiger partial charge in [-0.15, -0.1) is 11.3 Å². The van der Waals surface area contributed by atoms with E-state index in [1.165, 1.54) is 23.5 Å². The molecule has 2 heterocycles. The molecule has 23 heavy (non-hydrogen) atoms. The van der Waals surface area contributed by atoms with Crippen LogP contribution in [0.3, 0.4) is 0 Å². The van der Waals surface area contributed by atoms with E-state index in [2.05, 4.69) is 10.3 Å². The van der Waals surface area contributed by atoms with E-state index in [1.807, 2.05) is 11.9 Å². The van der Waals surface area contributed by atoms with E-state index in [-0.39, 0.29) is 11.7 Å². The summed E-state index contributed by atoms with van der Waals surface area (Å²) in [5.74, 6) is -0.180. The van der Waals surface area contributed by atoms with E-state index in [9.17, 15) is 9.18 Å². The summed E-state index contributed by atoms with van der Waals surface area (Å²) in [6.07, 6.45) is 4.42. The summed E-state index contributed by atoms with van der Waals surface area (Å²) < 4.78 is 12.9. The minimum atomic E-state index is -0.243. The van der Waals surface area contributed by atoms with Crippen LogP contribution < -0.4 is 5.32 Å². The van der Waals surface area contributed by atoms with Gasteiger partial charge in [0.05, 0.1) is 11.2 Å². The quantitative estimate of drug-likeness (QED) is 0.936. The summed E-state index contributed by atoms with van der Waals surface area (Å²) in [4.78, 5) is 19.5. The maximum atomic E-state index is 12.9. The van der Waals surface area contributed by atoms with Crippen molar-refractivity contribution in [3.63, 3.8) is 0 Å². The summed E-state index contributed by atoms with van der Waals surface area (Å²) in [5.41, 5.74) is 0.993. The molecule has 3 rings (SSSR count). The number of hydrogen-bond donors (Lipinski definition) is 1. The normalized spacial score (nSPS) is 18.2. The predicted octanol–water partition coefficient (Wildman–Crippen LogP) is 2.70.